The maximum Gasteiger partial charge on any atom is 0.264 e. The average Bonchev–Trinajstić information content (AvgIpc) is 2.84. The highest BCUT2D eigenvalue weighted by atomic mass is 32.2. The molecular weight excluding hydrogens is 452 g/mol. The van der Waals surface area contributed by atoms with Gasteiger partial charge in [-0.15, -0.1) is 0 Å². The summed E-state index contributed by atoms with van der Waals surface area (Å²) in [6.07, 6.45) is 4.84. The number of sulfonamides is 1. The van der Waals surface area contributed by atoms with Crippen molar-refractivity contribution >= 4 is 32.5 Å². The van der Waals surface area contributed by atoms with Crippen molar-refractivity contribution in [2.75, 3.05) is 11.4 Å². The molecule has 34 heavy (non-hydrogen) atoms. The number of carbonyl (C=O) groups excluding carboxylic acids is 1. The van der Waals surface area contributed by atoms with E-state index < -0.39 is 21.4 Å². The van der Waals surface area contributed by atoms with Crippen molar-refractivity contribution in [3.8, 4) is 0 Å². The number of nitrogens with zero attached hydrogens (tertiary/aromatic N) is 1. The number of anilines is 1. The van der Waals surface area contributed by atoms with E-state index in [1.165, 1.54) is 35.7 Å². The number of H-pyrrole nitrogens is 2. The topological polar surface area (TPSA) is 113 Å². The van der Waals surface area contributed by atoms with Crippen LogP contribution in [0.3, 0.4) is 0 Å². The number of hydrogen-bond donors (Lipinski definition) is 2. The third-order valence-electron chi connectivity index (χ3n) is 5.68. The molecule has 1 amide bonds. The first-order valence-electron chi connectivity index (χ1n) is 10.6. The van der Waals surface area contributed by atoms with Gasteiger partial charge in [0.05, 0.1) is 10.6 Å². The summed E-state index contributed by atoms with van der Waals surface area (Å²) in [4.78, 5) is 31.6. The number of hydrogen-bond acceptors (Lipinski definition) is 4. The minimum Gasteiger partial charge on any atom is -0.360 e. The molecule has 0 saturated heterocycles. The molecule has 0 saturated carbocycles. The summed E-state index contributed by atoms with van der Waals surface area (Å²) in [5.41, 5.74) is 2.94. The fourth-order valence-electron chi connectivity index (χ4n) is 3.69. The Bertz CT molecular complexity index is 1550. The molecule has 9 heteroatoms. The Morgan fingerprint density at radius 2 is 1.91 bits per heavy atom. The zero-order valence-electron chi connectivity index (χ0n) is 19.0. The van der Waals surface area contributed by atoms with E-state index in [9.17, 15) is 18.0 Å². The summed E-state index contributed by atoms with van der Waals surface area (Å²) in [6, 6.07) is 13.5. The van der Waals surface area contributed by atoms with Gasteiger partial charge in [0.1, 0.15) is 5.56 Å². The van der Waals surface area contributed by atoms with Gasteiger partial charge in [-0.3, -0.25) is 13.9 Å². The number of pyridine rings is 2. The maximum absolute atomic E-state index is 13.4. The maximum atomic E-state index is 13.4. The van der Waals surface area contributed by atoms with Crippen molar-refractivity contribution in [1.29, 1.82) is 0 Å². The summed E-state index contributed by atoms with van der Waals surface area (Å²) in [5.74, 6) is -0.548. The van der Waals surface area contributed by atoms with E-state index in [4.69, 9.17) is 0 Å². The van der Waals surface area contributed by atoms with Gasteiger partial charge >= 0.3 is 0 Å². The molecule has 4 rings (SSSR count). The molecule has 0 aliphatic carbocycles. The predicted octanol–water partition coefficient (Wildman–Crippen LogP) is 2.71. The smallest absolute Gasteiger partial charge is 0.264 e. The number of aromatic nitrogens is 2. The third-order valence-corrected chi connectivity index (χ3v) is 7.45. The van der Waals surface area contributed by atoms with Crippen LogP contribution in [0.15, 0.2) is 76.8 Å². The molecule has 0 aliphatic heterocycles. The standard InChI is InChI=1S/C25H24N4O4S/c1-16-6-7-17(2)23(11-16)29(3)34(32,33)19-8-9-22-20(12-19)24(30)21(15-27-22)25(31)28-14-18-5-4-10-26-13-18/h4-13,15H,14H2,1-3H3,(H,27,30)(H,28,31)/p+1. The number of aryl methyl sites for hydroxylation is 2. The van der Waals surface area contributed by atoms with Gasteiger partial charge in [-0.1, -0.05) is 12.1 Å². The third kappa shape index (κ3) is 4.42. The van der Waals surface area contributed by atoms with E-state index in [1.54, 1.807) is 18.5 Å². The molecule has 0 fully saturated rings. The Labute approximate surface area is 197 Å². The molecule has 0 aliphatic rings. The molecule has 8 nitrogen and oxygen atoms in total. The Hall–Kier alpha value is -3.98. The number of aromatic amines is 2. The Kier molecular flexibility index (Phi) is 6.21. The van der Waals surface area contributed by atoms with Crippen molar-refractivity contribution in [2.24, 2.45) is 0 Å². The molecule has 174 valence electrons. The van der Waals surface area contributed by atoms with Crippen molar-refractivity contribution in [3.63, 3.8) is 0 Å². The second kappa shape index (κ2) is 9.11. The van der Waals surface area contributed by atoms with Crippen molar-refractivity contribution in [3.05, 3.63) is 99.6 Å². The molecule has 0 spiro atoms. The predicted molar refractivity (Wildman–Crippen MR) is 130 cm³/mol. The van der Waals surface area contributed by atoms with Crippen LogP contribution in [0.1, 0.15) is 27.0 Å². The SMILES string of the molecule is Cc1ccc(C)c(N(C)S(=O)(=O)c2ccc3[nH]cc(C(=O)NCc4ccc[nH+]c4)c(=O)c3c2)c1. The quantitative estimate of drug-likeness (QED) is 0.444. The highest BCUT2D eigenvalue weighted by molar-refractivity contribution is 7.92. The molecule has 2 aromatic carbocycles. The van der Waals surface area contributed by atoms with Crippen LogP contribution in [-0.4, -0.2) is 26.4 Å². The number of nitrogens with one attached hydrogen (secondary N) is 3. The van der Waals surface area contributed by atoms with Gasteiger partial charge in [0, 0.05) is 42.3 Å². The molecule has 0 radical (unpaired) electrons. The van der Waals surface area contributed by atoms with Gasteiger partial charge in [-0.25, -0.2) is 13.4 Å². The van der Waals surface area contributed by atoms with Crippen LogP contribution in [0.4, 0.5) is 5.69 Å². The Morgan fingerprint density at radius 1 is 1.12 bits per heavy atom. The molecule has 0 unspecified atom stereocenters. The molecule has 4 aromatic rings. The number of rotatable bonds is 6. The zero-order chi connectivity index (χ0) is 24.5. The molecular formula is C25H25N4O4S+. The molecule has 2 aromatic heterocycles. The van der Waals surface area contributed by atoms with E-state index in [-0.39, 0.29) is 22.4 Å². The summed E-state index contributed by atoms with van der Waals surface area (Å²) < 4.78 is 27.9. The molecule has 0 bridgehead atoms. The lowest BCUT2D eigenvalue weighted by atomic mass is 10.1. The van der Waals surface area contributed by atoms with Crippen LogP contribution in [0.5, 0.6) is 0 Å². The number of carbonyl (C=O) groups is 1. The van der Waals surface area contributed by atoms with Gasteiger partial charge in [0.15, 0.2) is 12.4 Å². The van der Waals surface area contributed by atoms with Crippen LogP contribution in [-0.2, 0) is 16.6 Å². The Balaban J connectivity index is 1.69. The minimum absolute atomic E-state index is 0.0358. The van der Waals surface area contributed by atoms with E-state index in [0.717, 1.165) is 16.7 Å². The zero-order valence-corrected chi connectivity index (χ0v) is 19.9. The number of fused-ring (bicyclic) bond motifs is 1. The molecule has 0 atom stereocenters. The largest absolute Gasteiger partial charge is 0.360 e. The second-order valence-corrected chi connectivity index (χ2v) is 10.1. The van der Waals surface area contributed by atoms with Gasteiger partial charge in [0.25, 0.3) is 15.9 Å². The fraction of sp³-hybridized carbons (Fsp3) is 0.160. The molecule has 2 heterocycles. The van der Waals surface area contributed by atoms with Gasteiger partial charge < -0.3 is 10.3 Å². The van der Waals surface area contributed by atoms with Crippen molar-refractivity contribution in [2.45, 2.75) is 25.3 Å². The number of benzene rings is 2. The van der Waals surface area contributed by atoms with Gasteiger partial charge in [-0.2, -0.15) is 0 Å². The van der Waals surface area contributed by atoms with Gasteiger partial charge in [-0.05, 0) is 55.3 Å². The van der Waals surface area contributed by atoms with Crippen LogP contribution in [0.25, 0.3) is 10.9 Å². The van der Waals surface area contributed by atoms with E-state index in [1.807, 2.05) is 38.1 Å². The first-order chi connectivity index (χ1) is 16.2. The Morgan fingerprint density at radius 3 is 2.65 bits per heavy atom. The molecule has 3 N–H and O–H groups in total. The van der Waals surface area contributed by atoms with Gasteiger partial charge in [0.2, 0.25) is 5.43 Å². The average molecular weight is 478 g/mol. The first-order valence-corrected chi connectivity index (χ1v) is 12.1. The lowest BCUT2D eigenvalue weighted by molar-refractivity contribution is -0.378. The highest BCUT2D eigenvalue weighted by Crippen LogP contribution is 2.27. The summed E-state index contributed by atoms with van der Waals surface area (Å²) in [7, 11) is -2.46. The number of amides is 1. The summed E-state index contributed by atoms with van der Waals surface area (Å²) in [5, 5.41) is 2.83. The van der Waals surface area contributed by atoms with Crippen molar-refractivity contribution < 1.29 is 18.2 Å². The van der Waals surface area contributed by atoms with E-state index >= 15 is 0 Å². The van der Waals surface area contributed by atoms with Crippen LogP contribution in [0.2, 0.25) is 0 Å². The minimum atomic E-state index is -3.94. The van der Waals surface area contributed by atoms with Crippen LogP contribution >= 0.6 is 0 Å². The highest BCUT2D eigenvalue weighted by Gasteiger charge is 2.24. The van der Waals surface area contributed by atoms with Crippen molar-refractivity contribution in [1.82, 2.24) is 10.3 Å². The van der Waals surface area contributed by atoms with E-state index in [0.29, 0.717) is 11.2 Å². The second-order valence-electron chi connectivity index (χ2n) is 8.10. The summed E-state index contributed by atoms with van der Waals surface area (Å²) in [6.45, 7) is 3.97. The lowest BCUT2D eigenvalue weighted by Gasteiger charge is -2.22. The van der Waals surface area contributed by atoms with Crippen LogP contribution in [0, 0.1) is 13.8 Å². The normalized spacial score (nSPS) is 11.4. The summed E-state index contributed by atoms with van der Waals surface area (Å²) >= 11 is 0. The monoisotopic (exact) mass is 477 g/mol. The van der Waals surface area contributed by atoms with E-state index in [2.05, 4.69) is 15.3 Å². The fourth-order valence-corrected chi connectivity index (χ4v) is 4.97. The first kappa shape index (κ1) is 23.2. The van der Waals surface area contributed by atoms with Crippen LogP contribution < -0.4 is 20.0 Å². The lowest BCUT2D eigenvalue weighted by Crippen LogP contribution is -2.29.